The molecule has 5 heteroatoms. The zero-order valence-electron chi connectivity index (χ0n) is 11.6. The second kappa shape index (κ2) is 6.35. The molecular weight excluding hydrogens is 274 g/mol. The first-order valence-electron chi connectivity index (χ1n) is 6.59. The van der Waals surface area contributed by atoms with Gasteiger partial charge in [-0.3, -0.25) is 4.79 Å². The zero-order chi connectivity index (χ0) is 15.4. The largest absolute Gasteiger partial charge is 0.399 e. The maximum atomic E-state index is 13.2. The van der Waals surface area contributed by atoms with Gasteiger partial charge in [0.2, 0.25) is 0 Å². The number of hydrogen-bond donors (Lipinski definition) is 1. The van der Waals surface area contributed by atoms with Crippen LogP contribution in [0.2, 0.25) is 0 Å². The van der Waals surface area contributed by atoms with E-state index in [0.717, 1.165) is 23.8 Å². The van der Waals surface area contributed by atoms with E-state index in [-0.39, 0.29) is 5.56 Å². The number of carbonyl (C=O) groups excluding carboxylic acids is 1. The molecule has 0 fully saturated rings. The third-order valence-corrected chi connectivity index (χ3v) is 3.13. The van der Waals surface area contributed by atoms with E-state index in [4.69, 9.17) is 5.73 Å². The average molecular weight is 290 g/mol. The minimum atomic E-state index is -0.762. The minimum Gasteiger partial charge on any atom is -0.399 e. The molecule has 0 aliphatic heterocycles. The molecule has 0 saturated carbocycles. The van der Waals surface area contributed by atoms with Gasteiger partial charge in [-0.2, -0.15) is 0 Å². The van der Waals surface area contributed by atoms with Crippen LogP contribution in [-0.4, -0.2) is 17.4 Å². The van der Waals surface area contributed by atoms with Gasteiger partial charge in [-0.1, -0.05) is 12.1 Å². The first kappa shape index (κ1) is 15.0. The molecule has 2 N–H and O–H groups in total. The second-order valence-corrected chi connectivity index (χ2v) is 4.72. The van der Waals surface area contributed by atoms with Crippen molar-refractivity contribution in [3.05, 3.63) is 65.2 Å². The molecular formula is C16H16F2N2O. The maximum absolute atomic E-state index is 13.2. The Morgan fingerprint density at radius 1 is 1.10 bits per heavy atom. The number of anilines is 1. The van der Waals surface area contributed by atoms with E-state index < -0.39 is 17.5 Å². The zero-order valence-corrected chi connectivity index (χ0v) is 11.6. The molecule has 0 heterocycles. The van der Waals surface area contributed by atoms with Crippen LogP contribution >= 0.6 is 0 Å². The molecule has 1 amide bonds. The van der Waals surface area contributed by atoms with Gasteiger partial charge in [0.05, 0.1) is 0 Å². The molecule has 0 atom stereocenters. The fourth-order valence-corrected chi connectivity index (χ4v) is 2.03. The molecule has 2 aromatic carbocycles. The first-order chi connectivity index (χ1) is 9.99. The van der Waals surface area contributed by atoms with Gasteiger partial charge in [0, 0.05) is 30.4 Å². The Morgan fingerprint density at radius 3 is 2.19 bits per heavy atom. The van der Waals surface area contributed by atoms with Crippen molar-refractivity contribution in [3.8, 4) is 0 Å². The van der Waals surface area contributed by atoms with Gasteiger partial charge in [-0.05, 0) is 36.8 Å². The van der Waals surface area contributed by atoms with Gasteiger partial charge in [0.15, 0.2) is 0 Å². The Labute approximate surface area is 122 Å². The van der Waals surface area contributed by atoms with E-state index in [1.54, 1.807) is 12.1 Å². The lowest BCUT2D eigenvalue weighted by atomic mass is 10.1. The number of nitrogens with two attached hydrogens (primary N) is 1. The number of hydrogen-bond acceptors (Lipinski definition) is 2. The van der Waals surface area contributed by atoms with Crippen molar-refractivity contribution in [3.63, 3.8) is 0 Å². The summed E-state index contributed by atoms with van der Waals surface area (Å²) in [6, 6.07) is 9.95. The Hall–Kier alpha value is -2.43. The highest BCUT2D eigenvalue weighted by atomic mass is 19.1. The standard InChI is InChI=1S/C16H16F2N2O/c1-2-20(10-11-3-5-15(19)6-4-11)16(21)12-7-13(17)9-14(18)8-12/h3-9H,2,10,19H2,1H3. The molecule has 0 aromatic heterocycles. The number of nitrogen functional groups attached to an aromatic ring is 1. The molecule has 3 nitrogen and oxygen atoms in total. The van der Waals surface area contributed by atoms with Crippen LogP contribution in [0, 0.1) is 11.6 Å². The number of benzene rings is 2. The highest BCUT2D eigenvalue weighted by Crippen LogP contribution is 2.14. The molecule has 0 unspecified atom stereocenters. The van der Waals surface area contributed by atoms with E-state index in [1.807, 2.05) is 19.1 Å². The van der Waals surface area contributed by atoms with Gasteiger partial charge < -0.3 is 10.6 Å². The molecule has 0 aliphatic rings. The molecule has 0 aliphatic carbocycles. The lowest BCUT2D eigenvalue weighted by Crippen LogP contribution is -2.30. The quantitative estimate of drug-likeness (QED) is 0.879. The number of halogens is 2. The summed E-state index contributed by atoms with van der Waals surface area (Å²) in [6.45, 7) is 2.60. The van der Waals surface area contributed by atoms with E-state index in [9.17, 15) is 13.6 Å². The summed E-state index contributed by atoms with van der Waals surface area (Å²) in [7, 11) is 0. The minimum absolute atomic E-state index is 0.00444. The second-order valence-electron chi connectivity index (χ2n) is 4.72. The van der Waals surface area contributed by atoms with Crippen LogP contribution in [0.15, 0.2) is 42.5 Å². The van der Waals surface area contributed by atoms with Crippen molar-refractivity contribution < 1.29 is 13.6 Å². The van der Waals surface area contributed by atoms with E-state index in [2.05, 4.69) is 0 Å². The SMILES string of the molecule is CCN(Cc1ccc(N)cc1)C(=O)c1cc(F)cc(F)c1. The van der Waals surface area contributed by atoms with E-state index in [1.165, 1.54) is 4.90 Å². The molecule has 21 heavy (non-hydrogen) atoms. The van der Waals surface area contributed by atoms with Crippen LogP contribution in [0.1, 0.15) is 22.8 Å². The van der Waals surface area contributed by atoms with Crippen LogP contribution in [0.3, 0.4) is 0 Å². The Morgan fingerprint density at radius 2 is 1.67 bits per heavy atom. The predicted octanol–water partition coefficient (Wildman–Crippen LogP) is 3.21. The maximum Gasteiger partial charge on any atom is 0.254 e. The van der Waals surface area contributed by atoms with Gasteiger partial charge in [0.25, 0.3) is 5.91 Å². The molecule has 2 aromatic rings. The fourth-order valence-electron chi connectivity index (χ4n) is 2.03. The van der Waals surface area contributed by atoms with Crippen molar-refractivity contribution in [2.75, 3.05) is 12.3 Å². The van der Waals surface area contributed by atoms with Gasteiger partial charge in [-0.15, -0.1) is 0 Å². The van der Waals surface area contributed by atoms with Crippen molar-refractivity contribution in [1.29, 1.82) is 0 Å². The Balaban J connectivity index is 2.20. The van der Waals surface area contributed by atoms with Crippen LogP contribution in [0.4, 0.5) is 14.5 Å². The molecule has 0 bridgehead atoms. The lowest BCUT2D eigenvalue weighted by Gasteiger charge is -2.21. The van der Waals surface area contributed by atoms with E-state index in [0.29, 0.717) is 18.8 Å². The van der Waals surface area contributed by atoms with Crippen LogP contribution in [0.25, 0.3) is 0 Å². The van der Waals surface area contributed by atoms with Crippen LogP contribution < -0.4 is 5.73 Å². The number of rotatable bonds is 4. The average Bonchev–Trinajstić information content (AvgIpc) is 2.45. The number of carbonyl (C=O) groups is 1. The van der Waals surface area contributed by atoms with Crippen LogP contribution in [0.5, 0.6) is 0 Å². The van der Waals surface area contributed by atoms with Crippen molar-refractivity contribution in [2.45, 2.75) is 13.5 Å². The molecule has 0 radical (unpaired) electrons. The summed E-state index contributed by atoms with van der Waals surface area (Å²) in [4.78, 5) is 13.8. The topological polar surface area (TPSA) is 46.3 Å². The lowest BCUT2D eigenvalue weighted by molar-refractivity contribution is 0.0751. The summed E-state index contributed by atoms with van der Waals surface area (Å²) in [6.07, 6.45) is 0. The first-order valence-corrected chi connectivity index (χ1v) is 6.59. The Kier molecular flexibility index (Phi) is 4.52. The highest BCUT2D eigenvalue weighted by molar-refractivity contribution is 5.94. The molecule has 2 rings (SSSR count). The summed E-state index contributed by atoms with van der Waals surface area (Å²) in [5, 5.41) is 0. The van der Waals surface area contributed by atoms with Crippen molar-refractivity contribution in [2.24, 2.45) is 0 Å². The predicted molar refractivity (Wildman–Crippen MR) is 77.6 cm³/mol. The van der Waals surface area contributed by atoms with Gasteiger partial charge in [0.1, 0.15) is 11.6 Å². The number of nitrogens with zero attached hydrogens (tertiary/aromatic N) is 1. The summed E-state index contributed by atoms with van der Waals surface area (Å²) < 4.78 is 26.4. The smallest absolute Gasteiger partial charge is 0.254 e. The van der Waals surface area contributed by atoms with Crippen molar-refractivity contribution in [1.82, 2.24) is 4.90 Å². The molecule has 110 valence electrons. The summed E-state index contributed by atoms with van der Waals surface area (Å²) in [5.74, 6) is -1.93. The number of amides is 1. The normalized spacial score (nSPS) is 10.4. The van der Waals surface area contributed by atoms with Crippen molar-refractivity contribution >= 4 is 11.6 Å². The monoisotopic (exact) mass is 290 g/mol. The van der Waals surface area contributed by atoms with Gasteiger partial charge in [-0.25, -0.2) is 8.78 Å². The summed E-state index contributed by atoms with van der Waals surface area (Å²) >= 11 is 0. The highest BCUT2D eigenvalue weighted by Gasteiger charge is 2.16. The van der Waals surface area contributed by atoms with E-state index >= 15 is 0 Å². The third-order valence-electron chi connectivity index (χ3n) is 3.13. The fraction of sp³-hybridized carbons (Fsp3) is 0.188. The molecule has 0 spiro atoms. The van der Waals surface area contributed by atoms with Crippen LogP contribution in [-0.2, 0) is 6.54 Å². The molecule has 0 saturated heterocycles. The summed E-state index contributed by atoms with van der Waals surface area (Å²) in [5.41, 5.74) is 7.15. The Bertz CT molecular complexity index is 621. The van der Waals surface area contributed by atoms with Gasteiger partial charge >= 0.3 is 0 Å². The third kappa shape index (κ3) is 3.78.